The van der Waals surface area contributed by atoms with Gasteiger partial charge in [-0.3, -0.25) is 14.5 Å². The minimum Gasteiger partial charge on any atom is -0.406 e. The summed E-state index contributed by atoms with van der Waals surface area (Å²) in [7, 11) is 0. The largest absolute Gasteiger partial charge is 0.573 e. The molecule has 0 bridgehead atoms. The number of hydrogen-bond acceptors (Lipinski definition) is 4. The Balaban J connectivity index is 1.27. The van der Waals surface area contributed by atoms with Crippen molar-refractivity contribution in [1.82, 2.24) is 14.7 Å². The lowest BCUT2D eigenvalue weighted by Crippen LogP contribution is -2.44. The molecule has 3 aliphatic rings. The molecule has 0 radical (unpaired) electrons. The van der Waals surface area contributed by atoms with Crippen LogP contribution in [-0.2, 0) is 16.0 Å². The van der Waals surface area contributed by atoms with E-state index >= 15 is 0 Å². The highest BCUT2D eigenvalue weighted by Gasteiger charge is 2.38. The molecule has 6 nitrogen and oxygen atoms in total. The summed E-state index contributed by atoms with van der Waals surface area (Å²) in [5, 5.41) is 0. The van der Waals surface area contributed by atoms with Crippen LogP contribution in [0.5, 0.6) is 5.75 Å². The highest BCUT2D eigenvalue weighted by molar-refractivity contribution is 5.84. The predicted octanol–water partition coefficient (Wildman–Crippen LogP) is 2.67. The first-order valence-corrected chi connectivity index (χ1v) is 10.9. The Morgan fingerprint density at radius 2 is 1.74 bits per heavy atom. The Morgan fingerprint density at radius 1 is 1.00 bits per heavy atom. The number of likely N-dealkylation sites (tertiary alicyclic amines) is 1. The van der Waals surface area contributed by atoms with Crippen LogP contribution in [0.1, 0.15) is 31.2 Å². The zero-order valence-electron chi connectivity index (χ0n) is 17.4. The average molecular weight is 439 g/mol. The van der Waals surface area contributed by atoms with Gasteiger partial charge < -0.3 is 14.5 Å². The van der Waals surface area contributed by atoms with Gasteiger partial charge in [0.25, 0.3) is 0 Å². The zero-order chi connectivity index (χ0) is 22.0. The van der Waals surface area contributed by atoms with E-state index < -0.39 is 6.36 Å². The summed E-state index contributed by atoms with van der Waals surface area (Å²) in [5.74, 6) is 0.562. The van der Waals surface area contributed by atoms with Crippen LogP contribution in [0, 0.1) is 5.92 Å². The number of alkyl halides is 3. The van der Waals surface area contributed by atoms with Crippen LogP contribution < -0.4 is 4.74 Å². The van der Waals surface area contributed by atoms with E-state index in [0.29, 0.717) is 31.1 Å². The quantitative estimate of drug-likeness (QED) is 0.684. The third kappa shape index (κ3) is 5.90. The number of carbonyl (C=O) groups is 2. The number of carbonyl (C=O) groups excluding carboxylic acids is 2. The van der Waals surface area contributed by atoms with Crippen molar-refractivity contribution in [2.24, 2.45) is 5.92 Å². The number of nitrogens with zero attached hydrogens (tertiary/aromatic N) is 3. The van der Waals surface area contributed by atoms with Gasteiger partial charge in [-0.15, -0.1) is 13.2 Å². The summed E-state index contributed by atoms with van der Waals surface area (Å²) in [6.45, 7) is 4.35. The first-order chi connectivity index (χ1) is 14.8. The molecule has 0 unspecified atom stereocenters. The van der Waals surface area contributed by atoms with E-state index in [-0.39, 0.29) is 30.0 Å². The molecule has 2 saturated heterocycles. The Morgan fingerprint density at radius 3 is 2.42 bits per heavy atom. The molecule has 1 saturated carbocycles. The molecule has 9 heteroatoms. The molecule has 2 amide bonds. The van der Waals surface area contributed by atoms with E-state index in [0.717, 1.165) is 32.5 Å². The maximum atomic E-state index is 12.8. The summed E-state index contributed by atoms with van der Waals surface area (Å²) in [5.41, 5.74) is 0.641. The predicted molar refractivity (Wildman–Crippen MR) is 107 cm³/mol. The minimum atomic E-state index is -4.73. The first-order valence-electron chi connectivity index (χ1n) is 10.9. The van der Waals surface area contributed by atoms with Gasteiger partial charge in [0.15, 0.2) is 0 Å². The second-order valence-corrected chi connectivity index (χ2v) is 8.67. The fourth-order valence-corrected chi connectivity index (χ4v) is 4.45. The van der Waals surface area contributed by atoms with Gasteiger partial charge in [-0.1, -0.05) is 12.1 Å². The third-order valence-corrected chi connectivity index (χ3v) is 6.28. The molecule has 0 N–H and O–H groups in total. The van der Waals surface area contributed by atoms with Crippen molar-refractivity contribution < 1.29 is 27.5 Å². The highest BCUT2D eigenvalue weighted by Crippen LogP contribution is 2.32. The monoisotopic (exact) mass is 439 g/mol. The normalized spacial score (nSPS) is 23.2. The fraction of sp³-hybridized carbons (Fsp3) is 0.636. The third-order valence-electron chi connectivity index (χ3n) is 6.28. The maximum Gasteiger partial charge on any atom is 0.573 e. The standard InChI is InChI=1S/C22H28F3N3O3/c23-22(24,25)31-18-6-4-16(5-7-18)14-20(29)27-10-1-9-26(12-13-27)19-8-11-28(21(19)30)15-17-2-3-17/h4-7,17,19H,1-3,8-15H2/t19-/m1/s1. The van der Waals surface area contributed by atoms with Gasteiger partial charge in [-0.25, -0.2) is 0 Å². The van der Waals surface area contributed by atoms with Crippen LogP contribution in [0.2, 0.25) is 0 Å². The van der Waals surface area contributed by atoms with Crippen molar-refractivity contribution in [3.05, 3.63) is 29.8 Å². The second kappa shape index (κ2) is 9.06. The highest BCUT2D eigenvalue weighted by atomic mass is 19.4. The summed E-state index contributed by atoms with van der Waals surface area (Å²) in [6.07, 6.45) is -0.488. The lowest BCUT2D eigenvalue weighted by Gasteiger charge is -2.26. The van der Waals surface area contributed by atoms with E-state index in [9.17, 15) is 22.8 Å². The Kier molecular flexibility index (Phi) is 6.41. The van der Waals surface area contributed by atoms with Crippen LogP contribution in [0.25, 0.3) is 0 Å². The lowest BCUT2D eigenvalue weighted by molar-refractivity contribution is -0.274. The Bertz CT molecular complexity index is 795. The van der Waals surface area contributed by atoms with Crippen LogP contribution in [0.4, 0.5) is 13.2 Å². The number of amides is 2. The molecule has 1 aromatic rings. The molecule has 0 aromatic heterocycles. The summed E-state index contributed by atoms with van der Waals surface area (Å²) >= 11 is 0. The summed E-state index contributed by atoms with van der Waals surface area (Å²) in [6, 6.07) is 5.33. The van der Waals surface area contributed by atoms with E-state index in [4.69, 9.17) is 0 Å². The molecular weight excluding hydrogens is 411 g/mol. The van der Waals surface area contributed by atoms with Crippen LogP contribution in [0.3, 0.4) is 0 Å². The number of hydrogen-bond donors (Lipinski definition) is 0. The van der Waals surface area contributed by atoms with Crippen molar-refractivity contribution in [3.8, 4) is 5.75 Å². The van der Waals surface area contributed by atoms with Crippen molar-refractivity contribution in [2.45, 2.75) is 44.5 Å². The van der Waals surface area contributed by atoms with Crippen molar-refractivity contribution >= 4 is 11.8 Å². The molecule has 170 valence electrons. The fourth-order valence-electron chi connectivity index (χ4n) is 4.45. The van der Waals surface area contributed by atoms with Crippen LogP contribution in [0.15, 0.2) is 24.3 Å². The number of benzene rings is 1. The summed E-state index contributed by atoms with van der Waals surface area (Å²) in [4.78, 5) is 31.5. The van der Waals surface area contributed by atoms with E-state index in [1.165, 1.54) is 37.1 Å². The van der Waals surface area contributed by atoms with E-state index in [1.807, 2.05) is 4.90 Å². The van der Waals surface area contributed by atoms with Crippen LogP contribution >= 0.6 is 0 Å². The van der Waals surface area contributed by atoms with Gasteiger partial charge in [0.1, 0.15) is 5.75 Å². The first kappa shape index (κ1) is 21.9. The topological polar surface area (TPSA) is 53.1 Å². The van der Waals surface area contributed by atoms with Crippen LogP contribution in [-0.4, -0.2) is 78.2 Å². The maximum absolute atomic E-state index is 12.8. The number of ether oxygens (including phenoxy) is 1. The van der Waals surface area contributed by atoms with Crippen molar-refractivity contribution in [3.63, 3.8) is 0 Å². The van der Waals surface area contributed by atoms with E-state index in [2.05, 4.69) is 9.64 Å². The molecular formula is C22H28F3N3O3. The van der Waals surface area contributed by atoms with Gasteiger partial charge in [-0.05, 0) is 49.3 Å². The molecule has 1 aliphatic carbocycles. The molecule has 1 aromatic carbocycles. The summed E-state index contributed by atoms with van der Waals surface area (Å²) < 4.78 is 40.7. The van der Waals surface area contributed by atoms with Crippen molar-refractivity contribution in [1.29, 1.82) is 0 Å². The van der Waals surface area contributed by atoms with Gasteiger partial charge in [-0.2, -0.15) is 0 Å². The molecule has 2 heterocycles. The Hall–Kier alpha value is -2.29. The smallest absolute Gasteiger partial charge is 0.406 e. The molecule has 31 heavy (non-hydrogen) atoms. The minimum absolute atomic E-state index is 0.0561. The van der Waals surface area contributed by atoms with Gasteiger partial charge >= 0.3 is 6.36 Å². The second-order valence-electron chi connectivity index (χ2n) is 8.67. The molecule has 4 rings (SSSR count). The molecule has 3 fully saturated rings. The zero-order valence-corrected chi connectivity index (χ0v) is 17.4. The molecule has 1 atom stereocenters. The molecule has 0 spiro atoms. The molecule has 2 aliphatic heterocycles. The number of rotatable bonds is 6. The Labute approximate surface area is 179 Å². The lowest BCUT2D eigenvalue weighted by atomic mass is 10.1. The van der Waals surface area contributed by atoms with Gasteiger partial charge in [0.2, 0.25) is 11.8 Å². The van der Waals surface area contributed by atoms with Crippen molar-refractivity contribution in [2.75, 3.05) is 39.3 Å². The van der Waals surface area contributed by atoms with E-state index in [1.54, 1.807) is 4.90 Å². The number of halogens is 3. The SMILES string of the molecule is O=C(Cc1ccc(OC(F)(F)F)cc1)N1CCCN([C@@H]2CCN(CC3CC3)C2=O)CC1. The van der Waals surface area contributed by atoms with Gasteiger partial charge in [0.05, 0.1) is 12.5 Å². The van der Waals surface area contributed by atoms with Gasteiger partial charge in [0, 0.05) is 39.3 Å². The average Bonchev–Trinajstić information content (AvgIpc) is 3.49.